The molecule has 2 heterocycles. The normalized spacial score (nSPS) is 10.8. The van der Waals surface area contributed by atoms with Crippen LogP contribution < -0.4 is 0 Å². The van der Waals surface area contributed by atoms with E-state index < -0.39 is 0 Å². The Hall–Kier alpha value is -3.47. The molecule has 5 heteroatoms. The molecule has 4 rings (SSSR count). The Kier molecular flexibility index (Phi) is 4.43. The van der Waals surface area contributed by atoms with Gasteiger partial charge in [0.25, 0.3) is 0 Å². The third-order valence-electron chi connectivity index (χ3n) is 4.32. The van der Waals surface area contributed by atoms with Gasteiger partial charge in [0.2, 0.25) is 0 Å². The number of nitrogens with one attached hydrogen (secondary N) is 2. The fraction of sp³-hybridized carbons (Fsp3) is 0.0952. The fourth-order valence-corrected chi connectivity index (χ4v) is 2.91. The summed E-state index contributed by atoms with van der Waals surface area (Å²) in [6.45, 7) is 0. The highest BCUT2D eigenvalue weighted by atomic mass is 16.1. The van der Waals surface area contributed by atoms with Crippen molar-refractivity contribution in [2.24, 2.45) is 0 Å². The highest BCUT2D eigenvalue weighted by Gasteiger charge is 2.09. The zero-order valence-electron chi connectivity index (χ0n) is 14.1. The monoisotopic (exact) mass is 342 g/mol. The molecule has 0 fully saturated rings. The van der Waals surface area contributed by atoms with E-state index in [1.54, 1.807) is 0 Å². The largest absolute Gasteiger partial charge is 0.289 e. The van der Waals surface area contributed by atoms with E-state index in [0.717, 1.165) is 35.4 Å². The van der Waals surface area contributed by atoms with Crippen LogP contribution in [0.15, 0.2) is 73.1 Å². The maximum atomic E-state index is 12.7. The number of H-pyrrole nitrogens is 2. The average molecular weight is 342 g/mol. The second-order valence-electron chi connectivity index (χ2n) is 6.21. The second kappa shape index (κ2) is 7.19. The van der Waals surface area contributed by atoms with Gasteiger partial charge in [0.1, 0.15) is 0 Å². The van der Waals surface area contributed by atoms with Crippen molar-refractivity contribution in [3.05, 3.63) is 107 Å². The summed E-state index contributed by atoms with van der Waals surface area (Å²) in [6.07, 6.45) is 5.12. The first-order valence-corrected chi connectivity index (χ1v) is 8.48. The van der Waals surface area contributed by atoms with Gasteiger partial charge >= 0.3 is 0 Å². The van der Waals surface area contributed by atoms with Crippen LogP contribution in [0.1, 0.15) is 38.4 Å². The molecule has 0 radical (unpaired) electrons. The van der Waals surface area contributed by atoms with Crippen molar-refractivity contribution in [2.45, 2.75) is 12.8 Å². The van der Waals surface area contributed by atoms with Gasteiger partial charge in [0.15, 0.2) is 5.78 Å². The van der Waals surface area contributed by atoms with Crippen LogP contribution in [0.4, 0.5) is 0 Å². The Balaban J connectivity index is 1.45. The first kappa shape index (κ1) is 16.0. The lowest BCUT2D eigenvalue weighted by Crippen LogP contribution is -2.02. The van der Waals surface area contributed by atoms with Crippen molar-refractivity contribution in [2.75, 3.05) is 0 Å². The van der Waals surface area contributed by atoms with Crippen LogP contribution >= 0.6 is 0 Å². The summed E-state index contributed by atoms with van der Waals surface area (Å²) in [6, 6.07) is 19.3. The number of ketones is 1. The Morgan fingerprint density at radius 1 is 0.654 bits per heavy atom. The predicted octanol–water partition coefficient (Wildman–Crippen LogP) is 3.55. The summed E-state index contributed by atoms with van der Waals surface area (Å²) in [7, 11) is 0. The van der Waals surface area contributed by atoms with Crippen LogP contribution in [-0.4, -0.2) is 26.2 Å². The number of rotatable bonds is 6. The van der Waals surface area contributed by atoms with Crippen molar-refractivity contribution in [1.29, 1.82) is 0 Å². The Labute approximate surface area is 151 Å². The van der Waals surface area contributed by atoms with Gasteiger partial charge in [-0.1, -0.05) is 48.5 Å². The second-order valence-corrected chi connectivity index (χ2v) is 6.21. The lowest BCUT2D eigenvalue weighted by atomic mass is 9.99. The summed E-state index contributed by atoms with van der Waals surface area (Å²) in [5.74, 6) is 0.0302. The van der Waals surface area contributed by atoms with Gasteiger partial charge in [-0.25, -0.2) is 0 Å². The van der Waals surface area contributed by atoms with Gasteiger partial charge in [-0.15, -0.1) is 0 Å². The molecule has 0 bridgehead atoms. The van der Waals surface area contributed by atoms with Gasteiger partial charge in [-0.2, -0.15) is 10.2 Å². The standard InChI is InChI=1S/C21H18N4O/c26-21(17-5-1-15(2-6-17)13-19-9-11-22-24-19)18-7-3-16(4-8-18)14-20-10-12-23-25-20/h1-12H,13-14H2,(H,22,24)(H,23,25). The third-order valence-corrected chi connectivity index (χ3v) is 4.32. The van der Waals surface area contributed by atoms with Crippen molar-refractivity contribution in [3.63, 3.8) is 0 Å². The smallest absolute Gasteiger partial charge is 0.193 e. The Morgan fingerprint density at radius 2 is 1.08 bits per heavy atom. The molecule has 0 spiro atoms. The summed E-state index contributed by atoms with van der Waals surface area (Å²) >= 11 is 0. The van der Waals surface area contributed by atoms with Gasteiger partial charge < -0.3 is 0 Å². The minimum absolute atomic E-state index is 0.0302. The van der Waals surface area contributed by atoms with Gasteiger partial charge in [-0.3, -0.25) is 15.0 Å². The molecule has 2 N–H and O–H groups in total. The number of aromatic nitrogens is 4. The molecule has 5 nitrogen and oxygen atoms in total. The van der Waals surface area contributed by atoms with E-state index in [2.05, 4.69) is 20.4 Å². The molecule has 0 amide bonds. The zero-order chi connectivity index (χ0) is 17.8. The molecule has 0 saturated heterocycles. The minimum Gasteiger partial charge on any atom is -0.289 e. The van der Waals surface area contributed by atoms with Crippen LogP contribution in [0.2, 0.25) is 0 Å². The maximum Gasteiger partial charge on any atom is 0.193 e. The van der Waals surface area contributed by atoms with Crippen molar-refractivity contribution >= 4 is 5.78 Å². The molecule has 26 heavy (non-hydrogen) atoms. The molecular weight excluding hydrogens is 324 g/mol. The molecule has 0 unspecified atom stereocenters. The van der Waals surface area contributed by atoms with E-state index in [-0.39, 0.29) is 5.78 Å². The number of hydrogen-bond acceptors (Lipinski definition) is 3. The Morgan fingerprint density at radius 3 is 1.42 bits per heavy atom. The van der Waals surface area contributed by atoms with Crippen LogP contribution in [0, 0.1) is 0 Å². The van der Waals surface area contributed by atoms with Crippen molar-refractivity contribution < 1.29 is 4.79 Å². The zero-order valence-corrected chi connectivity index (χ0v) is 14.1. The van der Waals surface area contributed by atoms with Crippen LogP contribution in [-0.2, 0) is 12.8 Å². The quantitative estimate of drug-likeness (QED) is 0.526. The topological polar surface area (TPSA) is 74.4 Å². The van der Waals surface area contributed by atoms with Crippen LogP contribution in [0.25, 0.3) is 0 Å². The van der Waals surface area contributed by atoms with E-state index in [1.165, 1.54) is 0 Å². The summed E-state index contributed by atoms with van der Waals surface area (Å²) < 4.78 is 0. The third kappa shape index (κ3) is 3.62. The molecule has 0 aliphatic carbocycles. The van der Waals surface area contributed by atoms with Crippen molar-refractivity contribution in [3.8, 4) is 0 Å². The number of hydrogen-bond donors (Lipinski definition) is 2. The van der Waals surface area contributed by atoms with E-state index in [9.17, 15) is 4.79 Å². The van der Waals surface area contributed by atoms with Gasteiger partial charge in [0, 0.05) is 36.4 Å². The maximum absolute atomic E-state index is 12.7. The lowest BCUT2D eigenvalue weighted by molar-refractivity contribution is 0.103. The number of carbonyl (C=O) groups is 1. The number of carbonyl (C=O) groups excluding carboxylic acids is 1. The minimum atomic E-state index is 0.0302. The lowest BCUT2D eigenvalue weighted by Gasteiger charge is -2.05. The number of benzene rings is 2. The molecule has 0 atom stereocenters. The molecule has 0 aliphatic rings. The highest BCUT2D eigenvalue weighted by Crippen LogP contribution is 2.15. The predicted molar refractivity (Wildman–Crippen MR) is 99.1 cm³/mol. The fourth-order valence-electron chi connectivity index (χ4n) is 2.91. The molecular formula is C21H18N4O. The van der Waals surface area contributed by atoms with Crippen LogP contribution in [0.5, 0.6) is 0 Å². The molecule has 128 valence electrons. The SMILES string of the molecule is O=C(c1ccc(Cc2cc[nH]n2)cc1)c1ccc(Cc2cc[nH]n2)cc1. The molecule has 0 saturated carbocycles. The van der Waals surface area contributed by atoms with Gasteiger partial charge in [-0.05, 0) is 23.3 Å². The first-order chi connectivity index (χ1) is 12.8. The van der Waals surface area contributed by atoms with Crippen molar-refractivity contribution in [1.82, 2.24) is 20.4 Å². The van der Waals surface area contributed by atoms with E-state index in [4.69, 9.17) is 0 Å². The highest BCUT2D eigenvalue weighted by molar-refractivity contribution is 6.09. The first-order valence-electron chi connectivity index (χ1n) is 8.48. The molecule has 2 aromatic carbocycles. The summed E-state index contributed by atoms with van der Waals surface area (Å²) in [5.41, 5.74) is 5.60. The van der Waals surface area contributed by atoms with E-state index in [0.29, 0.717) is 11.1 Å². The molecule has 2 aromatic heterocycles. The average Bonchev–Trinajstić information content (AvgIpc) is 3.37. The van der Waals surface area contributed by atoms with Crippen LogP contribution in [0.3, 0.4) is 0 Å². The molecule has 0 aliphatic heterocycles. The summed E-state index contributed by atoms with van der Waals surface area (Å²) in [5, 5.41) is 13.9. The summed E-state index contributed by atoms with van der Waals surface area (Å²) in [4.78, 5) is 12.7. The van der Waals surface area contributed by atoms with Gasteiger partial charge in [0.05, 0.1) is 11.4 Å². The Bertz CT molecular complexity index is 888. The molecule has 4 aromatic rings. The number of nitrogens with zero attached hydrogens (tertiary/aromatic N) is 2. The van der Waals surface area contributed by atoms with E-state index in [1.807, 2.05) is 73.1 Å². The van der Waals surface area contributed by atoms with E-state index >= 15 is 0 Å². The number of aromatic amines is 2.